The first kappa shape index (κ1) is 13.9. The van der Waals surface area contributed by atoms with Gasteiger partial charge in [-0.15, -0.1) is 0 Å². The first-order chi connectivity index (χ1) is 8.97. The van der Waals surface area contributed by atoms with Crippen LogP contribution in [0.4, 0.5) is 8.78 Å². The van der Waals surface area contributed by atoms with Gasteiger partial charge in [-0.2, -0.15) is 0 Å². The maximum Gasteiger partial charge on any atom is 0.167 e. The molecule has 2 rings (SSSR count). The van der Waals surface area contributed by atoms with Crippen molar-refractivity contribution in [3.8, 4) is 0 Å². The minimum atomic E-state index is -0.397. The third-order valence-electron chi connectivity index (χ3n) is 2.84. The van der Waals surface area contributed by atoms with E-state index < -0.39 is 5.82 Å². The summed E-state index contributed by atoms with van der Waals surface area (Å²) < 4.78 is 26.8. The van der Waals surface area contributed by atoms with Crippen LogP contribution in [0, 0.1) is 18.6 Å². The Kier molecular flexibility index (Phi) is 4.10. The Balaban J connectivity index is 2.20. The highest BCUT2D eigenvalue weighted by Crippen LogP contribution is 2.18. The van der Waals surface area contributed by atoms with E-state index in [-0.39, 0.29) is 18.0 Å². The molecular formula is C15H11BrF2O. The van der Waals surface area contributed by atoms with Gasteiger partial charge in [0.15, 0.2) is 5.78 Å². The lowest BCUT2D eigenvalue weighted by Crippen LogP contribution is -2.04. The van der Waals surface area contributed by atoms with Gasteiger partial charge in [0.2, 0.25) is 0 Å². The van der Waals surface area contributed by atoms with Gasteiger partial charge < -0.3 is 0 Å². The Morgan fingerprint density at radius 1 is 1.11 bits per heavy atom. The van der Waals surface area contributed by atoms with Gasteiger partial charge in [0, 0.05) is 12.0 Å². The van der Waals surface area contributed by atoms with E-state index in [4.69, 9.17) is 0 Å². The van der Waals surface area contributed by atoms with Crippen molar-refractivity contribution in [3.63, 3.8) is 0 Å². The molecule has 0 spiro atoms. The third-order valence-corrected chi connectivity index (χ3v) is 3.45. The van der Waals surface area contributed by atoms with Crippen LogP contribution in [-0.2, 0) is 6.42 Å². The molecule has 0 saturated heterocycles. The lowest BCUT2D eigenvalue weighted by Gasteiger charge is -2.04. The molecule has 0 amide bonds. The van der Waals surface area contributed by atoms with E-state index in [1.54, 1.807) is 31.2 Å². The highest BCUT2D eigenvalue weighted by atomic mass is 79.9. The Bertz CT molecular complexity index is 638. The number of carbonyl (C=O) groups is 1. The van der Waals surface area contributed by atoms with Crippen molar-refractivity contribution in [1.82, 2.24) is 0 Å². The summed E-state index contributed by atoms with van der Waals surface area (Å²) in [5, 5.41) is 0. The van der Waals surface area contributed by atoms with Crippen molar-refractivity contribution in [3.05, 3.63) is 69.2 Å². The Morgan fingerprint density at radius 2 is 1.84 bits per heavy atom. The van der Waals surface area contributed by atoms with Crippen molar-refractivity contribution >= 4 is 21.7 Å². The molecule has 0 radical (unpaired) electrons. The fourth-order valence-electron chi connectivity index (χ4n) is 1.70. The quantitative estimate of drug-likeness (QED) is 0.762. The van der Waals surface area contributed by atoms with Gasteiger partial charge in [-0.1, -0.05) is 18.2 Å². The maximum atomic E-state index is 13.4. The smallest absolute Gasteiger partial charge is 0.167 e. The van der Waals surface area contributed by atoms with Gasteiger partial charge in [-0.3, -0.25) is 4.79 Å². The molecule has 0 aliphatic carbocycles. The van der Waals surface area contributed by atoms with Crippen molar-refractivity contribution in [2.75, 3.05) is 0 Å². The molecule has 0 N–H and O–H groups in total. The number of hydrogen-bond acceptors (Lipinski definition) is 1. The lowest BCUT2D eigenvalue weighted by molar-refractivity contribution is 0.0992. The second-order valence-corrected chi connectivity index (χ2v) is 5.17. The zero-order valence-corrected chi connectivity index (χ0v) is 11.8. The fourth-order valence-corrected chi connectivity index (χ4v) is 2.13. The molecule has 0 fully saturated rings. The van der Waals surface area contributed by atoms with Gasteiger partial charge in [-0.05, 0) is 52.2 Å². The summed E-state index contributed by atoms with van der Waals surface area (Å²) in [6.07, 6.45) is 0.112. The van der Waals surface area contributed by atoms with Gasteiger partial charge >= 0.3 is 0 Å². The molecule has 0 unspecified atom stereocenters. The maximum absolute atomic E-state index is 13.4. The number of benzene rings is 2. The molecule has 0 aliphatic rings. The number of rotatable bonds is 3. The summed E-state index contributed by atoms with van der Waals surface area (Å²) in [5.41, 5.74) is 1.50. The van der Waals surface area contributed by atoms with Crippen LogP contribution in [0.2, 0.25) is 0 Å². The molecule has 19 heavy (non-hydrogen) atoms. The molecule has 1 nitrogen and oxygen atoms in total. The first-order valence-corrected chi connectivity index (χ1v) is 6.50. The minimum Gasteiger partial charge on any atom is -0.294 e. The molecule has 2 aromatic rings. The number of aryl methyl sites for hydroxylation is 1. The lowest BCUT2D eigenvalue weighted by atomic mass is 10.0. The average molecular weight is 325 g/mol. The molecule has 0 bridgehead atoms. The third kappa shape index (κ3) is 3.26. The van der Waals surface area contributed by atoms with E-state index in [2.05, 4.69) is 15.9 Å². The van der Waals surface area contributed by atoms with Crippen LogP contribution < -0.4 is 0 Å². The van der Waals surface area contributed by atoms with Gasteiger partial charge in [0.25, 0.3) is 0 Å². The summed E-state index contributed by atoms with van der Waals surface area (Å²) >= 11 is 3.07. The Morgan fingerprint density at radius 3 is 2.47 bits per heavy atom. The molecule has 0 heterocycles. The predicted molar refractivity (Wildman–Crippen MR) is 73.3 cm³/mol. The summed E-state index contributed by atoms with van der Waals surface area (Å²) in [4.78, 5) is 12.0. The predicted octanol–water partition coefficient (Wildman–Crippen LogP) is 4.46. The molecular weight excluding hydrogens is 314 g/mol. The van der Waals surface area contributed by atoms with E-state index in [0.717, 1.165) is 0 Å². The summed E-state index contributed by atoms with van der Waals surface area (Å²) in [7, 11) is 0. The second-order valence-electron chi connectivity index (χ2n) is 4.31. The van der Waals surface area contributed by atoms with Crippen molar-refractivity contribution in [2.45, 2.75) is 13.3 Å². The highest BCUT2D eigenvalue weighted by Gasteiger charge is 2.10. The fraction of sp³-hybridized carbons (Fsp3) is 0.133. The van der Waals surface area contributed by atoms with Crippen LogP contribution in [0.15, 0.2) is 40.9 Å². The van der Waals surface area contributed by atoms with E-state index in [1.165, 1.54) is 12.1 Å². The number of halogens is 3. The average Bonchev–Trinajstić information content (AvgIpc) is 2.37. The normalized spacial score (nSPS) is 10.5. The van der Waals surface area contributed by atoms with Crippen molar-refractivity contribution in [2.24, 2.45) is 0 Å². The first-order valence-electron chi connectivity index (χ1n) is 5.70. The van der Waals surface area contributed by atoms with E-state index in [1.807, 2.05) is 0 Å². The zero-order chi connectivity index (χ0) is 14.0. The number of Topliss-reactive ketones (excluding diaryl/α,β-unsaturated/α-hetero) is 1. The van der Waals surface area contributed by atoms with E-state index >= 15 is 0 Å². The second kappa shape index (κ2) is 5.61. The standard InChI is InChI=1S/C15H11BrF2O/c1-9-2-4-11(8-14(9)18)15(19)7-10-3-5-13(17)12(16)6-10/h2-6,8H,7H2,1H3. The Labute approximate surface area is 118 Å². The van der Waals surface area contributed by atoms with Gasteiger partial charge in [0.05, 0.1) is 4.47 Å². The molecule has 2 aromatic carbocycles. The molecule has 98 valence electrons. The topological polar surface area (TPSA) is 17.1 Å². The summed E-state index contributed by atoms with van der Waals surface area (Å²) in [6.45, 7) is 1.64. The van der Waals surface area contributed by atoms with Gasteiger partial charge in [-0.25, -0.2) is 8.78 Å². The SMILES string of the molecule is Cc1ccc(C(=O)Cc2ccc(F)c(Br)c2)cc1F. The molecule has 0 aliphatic heterocycles. The van der Waals surface area contributed by atoms with E-state index in [0.29, 0.717) is 21.2 Å². The van der Waals surface area contributed by atoms with Crippen molar-refractivity contribution in [1.29, 1.82) is 0 Å². The molecule has 0 aromatic heterocycles. The largest absolute Gasteiger partial charge is 0.294 e. The molecule has 0 atom stereocenters. The van der Waals surface area contributed by atoms with Crippen LogP contribution in [0.5, 0.6) is 0 Å². The molecule has 4 heteroatoms. The van der Waals surface area contributed by atoms with Crippen molar-refractivity contribution < 1.29 is 13.6 Å². The monoisotopic (exact) mass is 324 g/mol. The number of ketones is 1. The van der Waals surface area contributed by atoms with Crippen LogP contribution in [0.1, 0.15) is 21.5 Å². The van der Waals surface area contributed by atoms with Crippen LogP contribution in [0.3, 0.4) is 0 Å². The van der Waals surface area contributed by atoms with Crippen LogP contribution in [-0.4, -0.2) is 5.78 Å². The number of carbonyl (C=O) groups excluding carboxylic acids is 1. The highest BCUT2D eigenvalue weighted by molar-refractivity contribution is 9.10. The van der Waals surface area contributed by atoms with Gasteiger partial charge in [0.1, 0.15) is 11.6 Å². The van der Waals surface area contributed by atoms with E-state index in [9.17, 15) is 13.6 Å². The molecule has 0 saturated carbocycles. The Hall–Kier alpha value is -1.55. The summed E-state index contributed by atoms with van der Waals surface area (Å²) in [5.74, 6) is -0.971. The number of hydrogen-bond donors (Lipinski definition) is 0. The van der Waals surface area contributed by atoms with Crippen LogP contribution in [0.25, 0.3) is 0 Å². The summed E-state index contributed by atoms with van der Waals surface area (Å²) in [6, 6.07) is 8.79. The zero-order valence-electron chi connectivity index (χ0n) is 10.2. The minimum absolute atomic E-state index is 0.112. The van der Waals surface area contributed by atoms with Crippen LogP contribution >= 0.6 is 15.9 Å².